The highest BCUT2D eigenvalue weighted by molar-refractivity contribution is 8.13. The number of nitrogens with one attached hydrogen (secondary N) is 1. The van der Waals surface area contributed by atoms with Crippen molar-refractivity contribution in [1.29, 1.82) is 0 Å². The Labute approximate surface area is 122 Å². The third-order valence-electron chi connectivity index (χ3n) is 2.07. The molecular weight excluding hydrogens is 350 g/mol. The minimum absolute atomic E-state index is 0.109. The molecule has 0 unspecified atom stereocenters. The van der Waals surface area contributed by atoms with Crippen molar-refractivity contribution in [1.82, 2.24) is 4.72 Å². The van der Waals surface area contributed by atoms with Crippen LogP contribution in [0.4, 0.5) is 0 Å². The van der Waals surface area contributed by atoms with Gasteiger partial charge in [0.25, 0.3) is 9.05 Å². The second-order valence-electron chi connectivity index (χ2n) is 4.06. The van der Waals surface area contributed by atoms with Gasteiger partial charge in [-0.3, -0.25) is 0 Å². The highest BCUT2D eigenvalue weighted by Gasteiger charge is 2.17. The summed E-state index contributed by atoms with van der Waals surface area (Å²) in [6.45, 7) is -0.152. The molecule has 0 fully saturated rings. The Morgan fingerprint density at radius 3 is 1.90 bits per heavy atom. The molecule has 0 aromatic heterocycles. The van der Waals surface area contributed by atoms with Crippen LogP contribution in [0.25, 0.3) is 0 Å². The molecule has 0 amide bonds. The van der Waals surface area contributed by atoms with Gasteiger partial charge in [0.1, 0.15) is 0 Å². The van der Waals surface area contributed by atoms with E-state index < -0.39 is 34.0 Å². The quantitative estimate of drug-likeness (QED) is 0.715. The molecule has 0 atom stereocenters. The van der Waals surface area contributed by atoms with E-state index in [1.54, 1.807) is 0 Å². The molecule has 1 rings (SSSR count). The maximum Gasteiger partial charge on any atom is 0.261 e. The van der Waals surface area contributed by atoms with Crippen molar-refractivity contribution < 1.29 is 25.3 Å². The van der Waals surface area contributed by atoms with Crippen molar-refractivity contribution in [2.75, 3.05) is 11.3 Å². The van der Waals surface area contributed by atoms with E-state index in [9.17, 15) is 25.3 Å². The summed E-state index contributed by atoms with van der Waals surface area (Å²) < 4.78 is 68.8. The normalized spacial score (nSPS) is 13.3. The molecule has 0 spiro atoms. The van der Waals surface area contributed by atoms with Crippen LogP contribution in [0.3, 0.4) is 0 Å². The maximum atomic E-state index is 11.4. The molecule has 1 N–H and O–H groups in total. The molecule has 0 heterocycles. The third kappa shape index (κ3) is 6.18. The predicted octanol–water partition coefficient (Wildman–Crippen LogP) is 0.0356. The van der Waals surface area contributed by atoms with E-state index in [0.717, 1.165) is 6.26 Å². The molecule has 0 bridgehead atoms. The van der Waals surface area contributed by atoms with Gasteiger partial charge < -0.3 is 0 Å². The van der Waals surface area contributed by atoms with Crippen LogP contribution < -0.4 is 4.72 Å². The van der Waals surface area contributed by atoms with E-state index in [0.29, 0.717) is 5.56 Å². The van der Waals surface area contributed by atoms with Crippen molar-refractivity contribution in [3.63, 3.8) is 0 Å². The van der Waals surface area contributed by atoms with Gasteiger partial charge in [0.2, 0.25) is 10.0 Å². The second kappa shape index (κ2) is 5.98. The Hall–Kier alpha value is -0.680. The first-order chi connectivity index (χ1) is 8.89. The van der Waals surface area contributed by atoms with Gasteiger partial charge >= 0.3 is 0 Å². The first kappa shape index (κ1) is 17.4. The standard InChI is InChI=1S/C9H12ClNO6S3/c1-18(12,13)7-19(14,15)11-6-8-2-4-9(5-3-8)20(10,16)17/h2-5,11H,6-7H2,1H3. The Bertz CT molecular complexity index is 781. The topological polar surface area (TPSA) is 114 Å². The van der Waals surface area contributed by atoms with Gasteiger partial charge in [0, 0.05) is 23.5 Å². The number of sulfone groups is 1. The van der Waals surface area contributed by atoms with Crippen LogP contribution >= 0.6 is 10.7 Å². The molecule has 0 aliphatic rings. The van der Waals surface area contributed by atoms with Gasteiger partial charge in [-0.2, -0.15) is 0 Å². The Kier molecular flexibility index (Phi) is 5.19. The summed E-state index contributed by atoms with van der Waals surface area (Å²) in [6, 6.07) is 5.20. The van der Waals surface area contributed by atoms with Gasteiger partial charge in [0.05, 0.1) is 4.90 Å². The fraction of sp³-hybridized carbons (Fsp3) is 0.333. The largest absolute Gasteiger partial charge is 0.261 e. The lowest BCUT2D eigenvalue weighted by Gasteiger charge is -2.06. The molecule has 11 heteroatoms. The average molecular weight is 362 g/mol. The fourth-order valence-electron chi connectivity index (χ4n) is 1.29. The molecule has 0 aliphatic carbocycles. The van der Waals surface area contributed by atoms with Gasteiger partial charge in [-0.05, 0) is 17.7 Å². The van der Waals surface area contributed by atoms with Crippen molar-refractivity contribution in [3.8, 4) is 0 Å². The predicted molar refractivity (Wildman–Crippen MR) is 75.0 cm³/mol. The van der Waals surface area contributed by atoms with Crippen LogP contribution in [0.15, 0.2) is 29.2 Å². The molecule has 0 saturated heterocycles. The number of halogens is 1. The van der Waals surface area contributed by atoms with Crippen LogP contribution in [0.2, 0.25) is 0 Å². The number of hydrogen-bond donors (Lipinski definition) is 1. The molecule has 114 valence electrons. The summed E-state index contributed by atoms with van der Waals surface area (Å²) in [5, 5.41) is -1.01. The zero-order valence-electron chi connectivity index (χ0n) is 10.3. The van der Waals surface area contributed by atoms with Gasteiger partial charge in [-0.1, -0.05) is 12.1 Å². The third-order valence-corrected chi connectivity index (χ3v) is 6.98. The summed E-state index contributed by atoms with van der Waals surface area (Å²) in [5.41, 5.74) is 0.464. The van der Waals surface area contributed by atoms with Gasteiger partial charge in [-0.25, -0.2) is 30.0 Å². The second-order valence-corrected chi connectivity index (χ2v) is 10.9. The van der Waals surface area contributed by atoms with Crippen LogP contribution in [-0.4, -0.2) is 36.6 Å². The van der Waals surface area contributed by atoms with Crippen molar-refractivity contribution in [2.24, 2.45) is 0 Å². The van der Waals surface area contributed by atoms with Crippen molar-refractivity contribution in [3.05, 3.63) is 29.8 Å². The summed E-state index contributed by atoms with van der Waals surface area (Å²) in [5.74, 6) is 0. The van der Waals surface area contributed by atoms with Crippen molar-refractivity contribution in [2.45, 2.75) is 11.4 Å². The lowest BCUT2D eigenvalue weighted by molar-refractivity contribution is 0.580. The smallest absolute Gasteiger partial charge is 0.228 e. The van der Waals surface area contributed by atoms with Gasteiger partial charge in [-0.15, -0.1) is 0 Å². The highest BCUT2D eigenvalue weighted by atomic mass is 35.7. The minimum Gasteiger partial charge on any atom is -0.228 e. The number of benzene rings is 1. The molecule has 20 heavy (non-hydrogen) atoms. The lowest BCUT2D eigenvalue weighted by Crippen LogP contribution is -2.29. The van der Waals surface area contributed by atoms with Crippen LogP contribution in [0.1, 0.15) is 5.56 Å². The number of hydrogen-bond acceptors (Lipinski definition) is 6. The Balaban J connectivity index is 2.77. The molecule has 7 nitrogen and oxygen atoms in total. The maximum absolute atomic E-state index is 11.4. The molecule has 0 aliphatic heterocycles. The zero-order valence-corrected chi connectivity index (χ0v) is 13.5. The van der Waals surface area contributed by atoms with Crippen LogP contribution in [0, 0.1) is 0 Å². The number of rotatable bonds is 6. The first-order valence-corrected chi connectivity index (χ1v) is 11.1. The molecule has 1 aromatic rings. The zero-order chi connectivity index (χ0) is 15.6. The van der Waals surface area contributed by atoms with E-state index in [2.05, 4.69) is 4.72 Å². The molecule has 0 radical (unpaired) electrons. The number of sulfonamides is 1. The molecule has 0 saturated carbocycles. The molecule has 1 aromatic carbocycles. The summed E-state index contributed by atoms with van der Waals surface area (Å²) in [7, 11) is -6.32. The Morgan fingerprint density at radius 1 is 1.00 bits per heavy atom. The van der Waals surface area contributed by atoms with Crippen molar-refractivity contribution >= 4 is 39.6 Å². The summed E-state index contributed by atoms with van der Waals surface area (Å²) in [4.78, 5) is -0.109. The van der Waals surface area contributed by atoms with E-state index in [1.807, 2.05) is 0 Å². The summed E-state index contributed by atoms with van der Waals surface area (Å²) >= 11 is 0. The summed E-state index contributed by atoms with van der Waals surface area (Å²) in [6.07, 6.45) is 0.812. The fourth-order valence-corrected chi connectivity index (χ4v) is 5.03. The monoisotopic (exact) mass is 361 g/mol. The average Bonchev–Trinajstić information content (AvgIpc) is 2.22. The SMILES string of the molecule is CS(=O)(=O)CS(=O)(=O)NCc1ccc(S(=O)(=O)Cl)cc1. The van der Waals surface area contributed by atoms with E-state index in [-0.39, 0.29) is 11.4 Å². The highest BCUT2D eigenvalue weighted by Crippen LogP contribution is 2.15. The van der Waals surface area contributed by atoms with Crippen LogP contribution in [0.5, 0.6) is 0 Å². The lowest BCUT2D eigenvalue weighted by atomic mass is 10.2. The van der Waals surface area contributed by atoms with E-state index in [4.69, 9.17) is 10.7 Å². The first-order valence-electron chi connectivity index (χ1n) is 5.08. The van der Waals surface area contributed by atoms with E-state index >= 15 is 0 Å². The van der Waals surface area contributed by atoms with Crippen LogP contribution in [-0.2, 0) is 35.5 Å². The minimum atomic E-state index is -3.96. The Morgan fingerprint density at radius 2 is 1.50 bits per heavy atom. The van der Waals surface area contributed by atoms with E-state index in [1.165, 1.54) is 24.3 Å². The molecular formula is C9H12ClNO6S3. The van der Waals surface area contributed by atoms with Gasteiger partial charge in [0.15, 0.2) is 14.9 Å².